The topological polar surface area (TPSA) is 58.4 Å². The Bertz CT molecular complexity index is 198. The molecule has 0 aliphatic carbocycles. The van der Waals surface area contributed by atoms with Gasteiger partial charge in [0, 0.05) is 25.7 Å². The zero-order chi connectivity index (χ0) is 11.3. The molecule has 1 fully saturated rings. The molecule has 0 aromatic rings. The molecule has 2 atom stereocenters. The normalized spacial score (nSPS) is 26.9. The van der Waals surface area contributed by atoms with E-state index in [-0.39, 0.29) is 11.9 Å². The van der Waals surface area contributed by atoms with Crippen molar-refractivity contribution in [3.05, 3.63) is 0 Å². The van der Waals surface area contributed by atoms with E-state index >= 15 is 0 Å². The molecule has 3 N–H and O–H groups in total. The summed E-state index contributed by atoms with van der Waals surface area (Å²) in [5, 5.41) is 2.92. The van der Waals surface area contributed by atoms with Crippen LogP contribution < -0.4 is 11.1 Å². The van der Waals surface area contributed by atoms with E-state index in [4.69, 9.17) is 5.73 Å². The molecule has 0 bridgehead atoms. The summed E-state index contributed by atoms with van der Waals surface area (Å²) in [5.74, 6) is 0.637. The van der Waals surface area contributed by atoms with Crippen LogP contribution in [0.2, 0.25) is 0 Å². The number of rotatable bonds is 5. The van der Waals surface area contributed by atoms with Crippen molar-refractivity contribution in [3.8, 4) is 0 Å². The lowest BCUT2D eigenvalue weighted by molar-refractivity contribution is -0.122. The number of carbonyl (C=O) groups excluding carboxylic acids is 1. The van der Waals surface area contributed by atoms with Crippen molar-refractivity contribution < 1.29 is 4.79 Å². The third-order valence-corrected chi connectivity index (χ3v) is 2.97. The highest BCUT2D eigenvalue weighted by molar-refractivity contribution is 5.78. The van der Waals surface area contributed by atoms with Gasteiger partial charge in [0.2, 0.25) is 5.91 Å². The molecule has 1 aliphatic heterocycles. The third-order valence-electron chi connectivity index (χ3n) is 2.97. The molecule has 2 unspecified atom stereocenters. The van der Waals surface area contributed by atoms with Crippen LogP contribution in [0.25, 0.3) is 0 Å². The van der Waals surface area contributed by atoms with Crippen molar-refractivity contribution in [2.45, 2.75) is 32.7 Å². The lowest BCUT2D eigenvalue weighted by Crippen LogP contribution is -2.37. The number of nitrogens with zero attached hydrogens (tertiary/aromatic N) is 1. The number of hydrogen-bond acceptors (Lipinski definition) is 3. The molecule has 1 rings (SSSR count). The fourth-order valence-electron chi connectivity index (χ4n) is 1.89. The van der Waals surface area contributed by atoms with E-state index < -0.39 is 0 Å². The molecule has 15 heavy (non-hydrogen) atoms. The molecule has 1 heterocycles. The van der Waals surface area contributed by atoms with Crippen LogP contribution in [0.3, 0.4) is 0 Å². The highest BCUT2D eigenvalue weighted by Gasteiger charge is 2.27. The Morgan fingerprint density at radius 1 is 1.53 bits per heavy atom. The first-order chi connectivity index (χ1) is 7.13. The van der Waals surface area contributed by atoms with E-state index in [2.05, 4.69) is 24.1 Å². The molecule has 1 aliphatic rings. The number of nitrogens with one attached hydrogen (secondary N) is 1. The van der Waals surface area contributed by atoms with Gasteiger partial charge in [-0.2, -0.15) is 0 Å². The predicted octanol–water partition coefficient (Wildman–Crippen LogP) is 0.182. The fraction of sp³-hybridized carbons (Fsp3) is 0.909. The first-order valence-electron chi connectivity index (χ1n) is 5.88. The van der Waals surface area contributed by atoms with Crippen molar-refractivity contribution in [1.29, 1.82) is 0 Å². The number of carbonyl (C=O) groups is 1. The molecule has 0 aromatic carbocycles. The largest absolute Gasteiger partial charge is 0.355 e. The van der Waals surface area contributed by atoms with Gasteiger partial charge in [-0.1, -0.05) is 20.3 Å². The summed E-state index contributed by atoms with van der Waals surface area (Å²) in [5.41, 5.74) is 5.89. The molecule has 88 valence electrons. The number of likely N-dealkylation sites (tertiary alicyclic amines) is 1. The maximum absolute atomic E-state index is 11.5. The van der Waals surface area contributed by atoms with E-state index in [1.165, 1.54) is 0 Å². The highest BCUT2D eigenvalue weighted by atomic mass is 16.2. The van der Waals surface area contributed by atoms with Gasteiger partial charge in [-0.3, -0.25) is 9.69 Å². The number of amides is 1. The van der Waals surface area contributed by atoms with E-state index in [9.17, 15) is 4.79 Å². The minimum absolute atomic E-state index is 0.129. The van der Waals surface area contributed by atoms with E-state index in [0.717, 1.165) is 32.5 Å². The van der Waals surface area contributed by atoms with Gasteiger partial charge in [-0.15, -0.1) is 0 Å². The summed E-state index contributed by atoms with van der Waals surface area (Å²) < 4.78 is 0. The van der Waals surface area contributed by atoms with Gasteiger partial charge in [0.15, 0.2) is 0 Å². The average molecular weight is 213 g/mol. The Morgan fingerprint density at radius 3 is 2.80 bits per heavy atom. The minimum atomic E-state index is 0.129. The summed E-state index contributed by atoms with van der Waals surface area (Å²) in [6.07, 6.45) is 2.17. The van der Waals surface area contributed by atoms with Crippen molar-refractivity contribution in [3.63, 3.8) is 0 Å². The summed E-state index contributed by atoms with van der Waals surface area (Å²) in [6, 6.07) is 0.230. The van der Waals surface area contributed by atoms with Gasteiger partial charge in [0.1, 0.15) is 0 Å². The van der Waals surface area contributed by atoms with Crippen molar-refractivity contribution in [2.75, 3.05) is 26.2 Å². The Morgan fingerprint density at radius 2 is 2.27 bits per heavy atom. The van der Waals surface area contributed by atoms with Gasteiger partial charge in [0.05, 0.1) is 6.54 Å². The van der Waals surface area contributed by atoms with Gasteiger partial charge < -0.3 is 11.1 Å². The SMILES string of the molecule is CCCCNC(=O)CN1CC(C)C(N)C1. The van der Waals surface area contributed by atoms with Gasteiger partial charge in [0.25, 0.3) is 0 Å². The standard InChI is InChI=1S/C11H23N3O/c1-3-4-5-13-11(15)8-14-6-9(2)10(12)7-14/h9-10H,3-8,12H2,1-2H3,(H,13,15). The molecule has 4 heteroatoms. The van der Waals surface area contributed by atoms with Crippen LogP contribution in [0, 0.1) is 5.92 Å². The molecule has 0 spiro atoms. The highest BCUT2D eigenvalue weighted by Crippen LogP contribution is 2.13. The lowest BCUT2D eigenvalue weighted by Gasteiger charge is -2.14. The monoisotopic (exact) mass is 213 g/mol. The second-order valence-corrected chi connectivity index (χ2v) is 4.54. The van der Waals surface area contributed by atoms with Crippen LogP contribution >= 0.6 is 0 Å². The Balaban J connectivity index is 2.16. The molecule has 0 saturated carbocycles. The molecule has 1 saturated heterocycles. The van der Waals surface area contributed by atoms with Crippen LogP contribution in [-0.2, 0) is 4.79 Å². The van der Waals surface area contributed by atoms with Crippen molar-refractivity contribution >= 4 is 5.91 Å². The van der Waals surface area contributed by atoms with Crippen molar-refractivity contribution in [1.82, 2.24) is 10.2 Å². The summed E-state index contributed by atoms with van der Waals surface area (Å²) >= 11 is 0. The van der Waals surface area contributed by atoms with Crippen LogP contribution in [0.1, 0.15) is 26.7 Å². The Hall–Kier alpha value is -0.610. The smallest absolute Gasteiger partial charge is 0.234 e. The number of hydrogen-bond donors (Lipinski definition) is 2. The van der Waals surface area contributed by atoms with E-state index in [1.54, 1.807) is 0 Å². The Kier molecular flexibility index (Phi) is 5.05. The van der Waals surface area contributed by atoms with Gasteiger partial charge >= 0.3 is 0 Å². The predicted molar refractivity (Wildman–Crippen MR) is 61.5 cm³/mol. The zero-order valence-corrected chi connectivity index (χ0v) is 9.83. The quantitative estimate of drug-likeness (QED) is 0.641. The molecular weight excluding hydrogens is 190 g/mol. The first-order valence-corrected chi connectivity index (χ1v) is 5.88. The second-order valence-electron chi connectivity index (χ2n) is 4.54. The maximum Gasteiger partial charge on any atom is 0.234 e. The fourth-order valence-corrected chi connectivity index (χ4v) is 1.89. The minimum Gasteiger partial charge on any atom is -0.355 e. The number of unbranched alkanes of at least 4 members (excludes halogenated alkanes) is 1. The molecule has 0 aromatic heterocycles. The molecular formula is C11H23N3O. The van der Waals surface area contributed by atoms with Crippen molar-refractivity contribution in [2.24, 2.45) is 11.7 Å². The summed E-state index contributed by atoms with van der Waals surface area (Å²) in [4.78, 5) is 13.6. The summed E-state index contributed by atoms with van der Waals surface area (Å²) in [6.45, 7) is 7.35. The number of nitrogens with two attached hydrogens (primary N) is 1. The van der Waals surface area contributed by atoms with Crippen LogP contribution in [0.5, 0.6) is 0 Å². The Labute approximate surface area is 92.2 Å². The summed E-state index contributed by atoms with van der Waals surface area (Å²) in [7, 11) is 0. The molecule has 0 radical (unpaired) electrons. The van der Waals surface area contributed by atoms with Crippen LogP contribution in [0.15, 0.2) is 0 Å². The maximum atomic E-state index is 11.5. The lowest BCUT2D eigenvalue weighted by atomic mass is 10.1. The van der Waals surface area contributed by atoms with E-state index in [1.807, 2.05) is 0 Å². The molecule has 4 nitrogen and oxygen atoms in total. The van der Waals surface area contributed by atoms with Crippen LogP contribution in [-0.4, -0.2) is 43.0 Å². The zero-order valence-electron chi connectivity index (χ0n) is 9.83. The van der Waals surface area contributed by atoms with Crippen LogP contribution in [0.4, 0.5) is 0 Å². The van der Waals surface area contributed by atoms with Gasteiger partial charge in [-0.05, 0) is 12.3 Å². The van der Waals surface area contributed by atoms with E-state index in [0.29, 0.717) is 12.5 Å². The average Bonchev–Trinajstić information content (AvgIpc) is 2.46. The third kappa shape index (κ3) is 4.18. The first kappa shape index (κ1) is 12.5. The molecule has 1 amide bonds. The van der Waals surface area contributed by atoms with Gasteiger partial charge in [-0.25, -0.2) is 0 Å². The second kappa shape index (κ2) is 6.08.